The molecule has 2 aromatic carbocycles. The highest BCUT2D eigenvalue weighted by atomic mass is 35.5. The van der Waals surface area contributed by atoms with Gasteiger partial charge in [-0.2, -0.15) is 0 Å². The Kier molecular flexibility index (Phi) is 7.38. The van der Waals surface area contributed by atoms with Crippen molar-refractivity contribution in [2.75, 3.05) is 13.1 Å². The monoisotopic (exact) mass is 412 g/mol. The summed E-state index contributed by atoms with van der Waals surface area (Å²) in [6.45, 7) is 3.85. The van der Waals surface area contributed by atoms with Crippen LogP contribution in [0.2, 0.25) is 5.02 Å². The molecule has 2 N–H and O–H groups in total. The standard InChI is InChI=1S/C22H25ClN4O2/c1-2-3-12-27(15-21(28)24-13-16-8-4-6-10-18(16)23)14-20-25-19-11-7-5-9-17(19)22(29)26-20/h4-11H,2-3,12-15H2,1H3,(H,24,28)(H,25,26,29). The van der Waals surface area contributed by atoms with Crippen LogP contribution in [0.1, 0.15) is 31.2 Å². The van der Waals surface area contributed by atoms with E-state index in [0.29, 0.717) is 34.8 Å². The number of aromatic amines is 1. The molecule has 1 aromatic heterocycles. The second kappa shape index (κ2) is 10.2. The number of unbranched alkanes of at least 4 members (excludes halogenated alkanes) is 1. The van der Waals surface area contributed by atoms with Crippen LogP contribution in [0.25, 0.3) is 10.9 Å². The fraction of sp³-hybridized carbons (Fsp3) is 0.318. The van der Waals surface area contributed by atoms with Crippen LogP contribution in [-0.2, 0) is 17.9 Å². The molecule has 3 aromatic rings. The molecule has 1 heterocycles. The molecule has 0 saturated carbocycles. The summed E-state index contributed by atoms with van der Waals surface area (Å²) in [6, 6.07) is 14.7. The topological polar surface area (TPSA) is 78.1 Å². The summed E-state index contributed by atoms with van der Waals surface area (Å²) < 4.78 is 0. The summed E-state index contributed by atoms with van der Waals surface area (Å²) in [5.41, 5.74) is 1.37. The van der Waals surface area contributed by atoms with Crippen molar-refractivity contribution < 1.29 is 4.79 Å². The molecule has 0 atom stereocenters. The van der Waals surface area contributed by atoms with Gasteiger partial charge in [-0.25, -0.2) is 4.98 Å². The zero-order chi connectivity index (χ0) is 20.6. The number of aromatic nitrogens is 2. The lowest BCUT2D eigenvalue weighted by molar-refractivity contribution is -0.122. The SMILES string of the molecule is CCCCN(CC(=O)NCc1ccccc1Cl)Cc1nc2ccccc2c(=O)[nH]1. The van der Waals surface area contributed by atoms with Gasteiger partial charge < -0.3 is 10.3 Å². The van der Waals surface area contributed by atoms with E-state index >= 15 is 0 Å². The Hall–Kier alpha value is -2.70. The lowest BCUT2D eigenvalue weighted by atomic mass is 10.2. The van der Waals surface area contributed by atoms with Gasteiger partial charge in [0.1, 0.15) is 5.82 Å². The first-order chi connectivity index (χ1) is 14.1. The van der Waals surface area contributed by atoms with E-state index in [4.69, 9.17) is 11.6 Å². The number of H-pyrrole nitrogens is 1. The van der Waals surface area contributed by atoms with E-state index in [9.17, 15) is 9.59 Å². The molecule has 0 fully saturated rings. The molecule has 6 nitrogen and oxygen atoms in total. The molecular formula is C22H25ClN4O2. The van der Waals surface area contributed by atoms with Crippen LogP contribution < -0.4 is 10.9 Å². The molecule has 29 heavy (non-hydrogen) atoms. The number of para-hydroxylation sites is 1. The van der Waals surface area contributed by atoms with E-state index in [2.05, 4.69) is 22.2 Å². The molecule has 7 heteroatoms. The third-order valence-corrected chi connectivity index (χ3v) is 5.03. The number of fused-ring (bicyclic) bond motifs is 1. The van der Waals surface area contributed by atoms with Crippen molar-refractivity contribution in [3.05, 3.63) is 75.3 Å². The van der Waals surface area contributed by atoms with Gasteiger partial charge in [-0.05, 0) is 36.7 Å². The van der Waals surface area contributed by atoms with Crippen LogP contribution in [0, 0.1) is 0 Å². The number of carbonyl (C=O) groups is 1. The van der Waals surface area contributed by atoms with Crippen LogP contribution in [0.4, 0.5) is 0 Å². The summed E-state index contributed by atoms with van der Waals surface area (Å²) in [7, 11) is 0. The first-order valence-electron chi connectivity index (χ1n) is 9.77. The summed E-state index contributed by atoms with van der Waals surface area (Å²) >= 11 is 6.15. The molecule has 0 aliphatic heterocycles. The minimum absolute atomic E-state index is 0.0934. The number of nitrogens with zero attached hydrogens (tertiary/aromatic N) is 2. The van der Waals surface area contributed by atoms with Crippen molar-refractivity contribution >= 4 is 28.4 Å². The number of carbonyl (C=O) groups excluding carboxylic acids is 1. The third kappa shape index (κ3) is 5.89. The Labute approximate surface area is 174 Å². The van der Waals surface area contributed by atoms with Gasteiger partial charge in [0.25, 0.3) is 5.56 Å². The second-order valence-corrected chi connectivity index (χ2v) is 7.37. The number of halogens is 1. The largest absolute Gasteiger partial charge is 0.351 e. The molecule has 0 radical (unpaired) electrons. The Morgan fingerprint density at radius 2 is 1.93 bits per heavy atom. The van der Waals surface area contributed by atoms with Crippen LogP contribution in [-0.4, -0.2) is 33.9 Å². The van der Waals surface area contributed by atoms with Gasteiger partial charge in [0.15, 0.2) is 0 Å². The van der Waals surface area contributed by atoms with Gasteiger partial charge in [-0.15, -0.1) is 0 Å². The van der Waals surface area contributed by atoms with Crippen LogP contribution in [0.3, 0.4) is 0 Å². The average molecular weight is 413 g/mol. The number of hydrogen-bond donors (Lipinski definition) is 2. The average Bonchev–Trinajstić information content (AvgIpc) is 2.71. The number of hydrogen-bond acceptors (Lipinski definition) is 4. The van der Waals surface area contributed by atoms with Crippen molar-refractivity contribution in [2.24, 2.45) is 0 Å². The summed E-state index contributed by atoms with van der Waals surface area (Å²) in [6.07, 6.45) is 1.97. The van der Waals surface area contributed by atoms with Crippen molar-refractivity contribution in [3.63, 3.8) is 0 Å². The Balaban J connectivity index is 1.67. The zero-order valence-corrected chi connectivity index (χ0v) is 17.2. The van der Waals surface area contributed by atoms with Gasteiger partial charge >= 0.3 is 0 Å². The van der Waals surface area contributed by atoms with Crippen molar-refractivity contribution in [1.82, 2.24) is 20.2 Å². The van der Waals surface area contributed by atoms with E-state index in [1.54, 1.807) is 12.1 Å². The first kappa shape index (κ1) is 21.0. The molecule has 152 valence electrons. The number of nitrogens with one attached hydrogen (secondary N) is 2. The van der Waals surface area contributed by atoms with Gasteiger partial charge in [-0.3, -0.25) is 14.5 Å². The van der Waals surface area contributed by atoms with Gasteiger partial charge in [0.2, 0.25) is 5.91 Å². The number of benzene rings is 2. The molecule has 0 aliphatic carbocycles. The van der Waals surface area contributed by atoms with E-state index in [1.807, 2.05) is 41.3 Å². The van der Waals surface area contributed by atoms with E-state index in [1.165, 1.54) is 0 Å². The molecule has 0 spiro atoms. The summed E-state index contributed by atoms with van der Waals surface area (Å²) in [5, 5.41) is 4.11. The lowest BCUT2D eigenvalue weighted by Crippen LogP contribution is -2.37. The van der Waals surface area contributed by atoms with E-state index in [0.717, 1.165) is 24.9 Å². The predicted molar refractivity (Wildman–Crippen MR) is 116 cm³/mol. The van der Waals surface area contributed by atoms with Gasteiger partial charge in [-0.1, -0.05) is 55.3 Å². The molecule has 0 aliphatic rings. The smallest absolute Gasteiger partial charge is 0.258 e. The molecule has 3 rings (SSSR count). The highest BCUT2D eigenvalue weighted by molar-refractivity contribution is 6.31. The minimum Gasteiger partial charge on any atom is -0.351 e. The molecule has 0 saturated heterocycles. The van der Waals surface area contributed by atoms with Crippen LogP contribution >= 0.6 is 11.6 Å². The van der Waals surface area contributed by atoms with Crippen molar-refractivity contribution in [1.29, 1.82) is 0 Å². The Bertz CT molecular complexity index is 1030. The molecule has 1 amide bonds. The minimum atomic E-state index is -0.163. The second-order valence-electron chi connectivity index (χ2n) is 6.96. The fourth-order valence-corrected chi connectivity index (χ4v) is 3.31. The highest BCUT2D eigenvalue weighted by Crippen LogP contribution is 2.14. The Morgan fingerprint density at radius 1 is 1.17 bits per heavy atom. The molecular weight excluding hydrogens is 388 g/mol. The quantitative estimate of drug-likeness (QED) is 0.564. The van der Waals surface area contributed by atoms with Gasteiger partial charge in [0, 0.05) is 11.6 Å². The Morgan fingerprint density at radius 3 is 2.72 bits per heavy atom. The number of rotatable bonds is 9. The van der Waals surface area contributed by atoms with Crippen LogP contribution in [0.5, 0.6) is 0 Å². The van der Waals surface area contributed by atoms with Crippen LogP contribution in [0.15, 0.2) is 53.3 Å². The maximum absolute atomic E-state index is 12.5. The lowest BCUT2D eigenvalue weighted by Gasteiger charge is -2.21. The first-order valence-corrected chi connectivity index (χ1v) is 10.1. The third-order valence-electron chi connectivity index (χ3n) is 4.66. The summed E-state index contributed by atoms with van der Waals surface area (Å²) in [4.78, 5) is 34.2. The predicted octanol–water partition coefficient (Wildman–Crippen LogP) is 3.50. The molecule has 0 bridgehead atoms. The fourth-order valence-electron chi connectivity index (χ4n) is 3.11. The number of amides is 1. The summed E-state index contributed by atoms with van der Waals surface area (Å²) in [5.74, 6) is 0.466. The maximum Gasteiger partial charge on any atom is 0.258 e. The highest BCUT2D eigenvalue weighted by Gasteiger charge is 2.14. The maximum atomic E-state index is 12.5. The molecule has 0 unspecified atom stereocenters. The van der Waals surface area contributed by atoms with E-state index < -0.39 is 0 Å². The normalized spacial score (nSPS) is 11.1. The van der Waals surface area contributed by atoms with Gasteiger partial charge in [0.05, 0.1) is 24.0 Å². The zero-order valence-electron chi connectivity index (χ0n) is 16.5. The van der Waals surface area contributed by atoms with Crippen molar-refractivity contribution in [3.8, 4) is 0 Å². The van der Waals surface area contributed by atoms with Crippen molar-refractivity contribution in [2.45, 2.75) is 32.9 Å². The van der Waals surface area contributed by atoms with E-state index in [-0.39, 0.29) is 18.0 Å².